The monoisotopic (exact) mass is 346 g/mol. The fourth-order valence-electron chi connectivity index (χ4n) is 1.61. The molecule has 0 aliphatic carbocycles. The lowest BCUT2D eigenvalue weighted by Crippen LogP contribution is -2.35. The molecule has 1 heterocycles. The van der Waals surface area contributed by atoms with E-state index in [0.717, 1.165) is 16.9 Å². The fraction of sp³-hybridized carbons (Fsp3) is 0.250. The Balaban J connectivity index is 1.99. The van der Waals surface area contributed by atoms with E-state index in [4.69, 9.17) is 15.3 Å². The molecule has 0 bridgehead atoms. The zero-order valence-corrected chi connectivity index (χ0v) is 14.0. The summed E-state index contributed by atoms with van der Waals surface area (Å²) in [5.74, 6) is -0.613. The lowest BCUT2D eigenvalue weighted by atomic mass is 10.1. The second kappa shape index (κ2) is 7.69. The number of aromatic nitrogens is 1. The van der Waals surface area contributed by atoms with Crippen LogP contribution in [0.1, 0.15) is 25.1 Å². The summed E-state index contributed by atoms with van der Waals surface area (Å²) in [7, 11) is 0. The van der Waals surface area contributed by atoms with Gasteiger partial charge in [0.2, 0.25) is 5.60 Å². The van der Waals surface area contributed by atoms with Crippen LogP contribution in [0.4, 0.5) is 5.13 Å². The van der Waals surface area contributed by atoms with Gasteiger partial charge in [-0.3, -0.25) is 4.79 Å². The van der Waals surface area contributed by atoms with Crippen molar-refractivity contribution >= 4 is 34.4 Å². The number of nitrogens with zero attached hydrogens (tertiary/aromatic N) is 2. The van der Waals surface area contributed by atoms with Crippen molar-refractivity contribution in [1.82, 2.24) is 4.98 Å². The Kier molecular flexibility index (Phi) is 5.64. The molecule has 0 unspecified atom stereocenters. The van der Waals surface area contributed by atoms with Crippen LogP contribution in [0.3, 0.4) is 0 Å². The molecule has 24 heavy (non-hydrogen) atoms. The van der Waals surface area contributed by atoms with E-state index in [2.05, 4.69) is 10.1 Å². The largest absolute Gasteiger partial charge is 0.458 e. The van der Waals surface area contributed by atoms with E-state index < -0.39 is 11.6 Å². The van der Waals surface area contributed by atoms with E-state index in [9.17, 15) is 9.59 Å². The van der Waals surface area contributed by atoms with Crippen molar-refractivity contribution in [3.05, 3.63) is 47.0 Å². The third kappa shape index (κ3) is 4.63. The Labute approximate surface area is 143 Å². The van der Waals surface area contributed by atoms with Crippen LogP contribution in [0, 0.1) is 0 Å². The van der Waals surface area contributed by atoms with Crippen LogP contribution in [0.25, 0.3) is 0 Å². The summed E-state index contributed by atoms with van der Waals surface area (Å²) in [6.07, 6.45) is 1.61. The van der Waals surface area contributed by atoms with Gasteiger partial charge in [0.15, 0.2) is 10.8 Å². The first-order valence-electron chi connectivity index (χ1n) is 6.99. The molecular formula is C16H16N3O4S. The smallest absolute Gasteiger partial charge is 0.353 e. The molecule has 0 aliphatic heterocycles. The predicted octanol–water partition coefficient (Wildman–Crippen LogP) is 2.08. The highest BCUT2D eigenvalue weighted by molar-refractivity contribution is 7.13. The minimum atomic E-state index is -1.38. The molecule has 0 fully saturated rings. The van der Waals surface area contributed by atoms with Crippen LogP contribution < -0.4 is 5.73 Å². The number of carbonyl (C=O) groups excluding carboxylic acids is 2. The van der Waals surface area contributed by atoms with Crippen LogP contribution in [0.2, 0.25) is 0 Å². The first-order valence-corrected chi connectivity index (χ1v) is 7.87. The number of nitrogen functional groups attached to an aromatic ring is 1. The molecule has 2 rings (SSSR count). The molecule has 2 aromatic rings. The number of carbonyl (C=O) groups is 1. The number of oxime groups is 1. The van der Waals surface area contributed by atoms with Crippen LogP contribution in [-0.2, 0) is 25.8 Å². The van der Waals surface area contributed by atoms with Crippen LogP contribution in [0.15, 0.2) is 40.9 Å². The molecule has 0 amide bonds. The van der Waals surface area contributed by atoms with E-state index in [-0.39, 0.29) is 23.1 Å². The first kappa shape index (κ1) is 17.6. The molecular weight excluding hydrogens is 330 g/mol. The third-order valence-electron chi connectivity index (χ3n) is 2.93. The van der Waals surface area contributed by atoms with Crippen molar-refractivity contribution in [3.63, 3.8) is 0 Å². The molecule has 1 aromatic heterocycles. The van der Waals surface area contributed by atoms with E-state index in [1.54, 1.807) is 11.7 Å². The summed E-state index contributed by atoms with van der Waals surface area (Å²) in [6.45, 7) is 3.09. The summed E-state index contributed by atoms with van der Waals surface area (Å²) >= 11 is 1.15. The number of ether oxygens (including phenoxy) is 1. The number of hydrogen-bond donors (Lipinski definition) is 1. The molecule has 8 heteroatoms. The van der Waals surface area contributed by atoms with Gasteiger partial charge >= 0.3 is 5.97 Å². The van der Waals surface area contributed by atoms with Gasteiger partial charge in [0.25, 0.3) is 6.29 Å². The zero-order valence-electron chi connectivity index (χ0n) is 13.2. The average molecular weight is 346 g/mol. The summed E-state index contributed by atoms with van der Waals surface area (Å²) < 4.78 is 5.20. The van der Waals surface area contributed by atoms with Gasteiger partial charge in [0, 0.05) is 5.38 Å². The minimum absolute atomic E-state index is 0.117. The Morgan fingerprint density at radius 2 is 2.08 bits per heavy atom. The van der Waals surface area contributed by atoms with E-state index >= 15 is 0 Å². The van der Waals surface area contributed by atoms with Gasteiger partial charge in [-0.15, -0.1) is 11.3 Å². The molecule has 1 aromatic carbocycles. The molecule has 1 radical (unpaired) electrons. The normalized spacial score (nSPS) is 11.8. The van der Waals surface area contributed by atoms with E-state index in [1.807, 2.05) is 30.3 Å². The number of hydrogen-bond acceptors (Lipinski definition) is 8. The molecule has 125 valence electrons. The number of nitrogens with two attached hydrogens (primary N) is 1. The molecule has 0 spiro atoms. The SMILES string of the molecule is CC(C)(O/N=C(\[C]=O)c1csc(N)n1)C(=O)OCc1ccccc1. The second-order valence-electron chi connectivity index (χ2n) is 5.28. The molecule has 7 nitrogen and oxygen atoms in total. The molecule has 0 saturated carbocycles. The van der Waals surface area contributed by atoms with Crippen LogP contribution in [0.5, 0.6) is 0 Å². The molecule has 0 aliphatic rings. The highest BCUT2D eigenvalue weighted by atomic mass is 32.1. The average Bonchev–Trinajstić information content (AvgIpc) is 3.00. The predicted molar refractivity (Wildman–Crippen MR) is 90.2 cm³/mol. The van der Waals surface area contributed by atoms with Gasteiger partial charge in [-0.05, 0) is 19.4 Å². The summed E-state index contributed by atoms with van der Waals surface area (Å²) in [5, 5.41) is 5.49. The summed E-state index contributed by atoms with van der Waals surface area (Å²) in [4.78, 5) is 32.2. The number of benzene rings is 1. The van der Waals surface area contributed by atoms with Crippen molar-refractivity contribution in [1.29, 1.82) is 0 Å². The number of esters is 1. The van der Waals surface area contributed by atoms with Crippen LogP contribution in [-0.4, -0.2) is 28.6 Å². The van der Waals surface area contributed by atoms with Gasteiger partial charge in [0.05, 0.1) is 0 Å². The Hall–Kier alpha value is -2.74. The molecule has 2 N–H and O–H groups in total. The van der Waals surface area contributed by atoms with Gasteiger partial charge in [-0.1, -0.05) is 35.5 Å². The van der Waals surface area contributed by atoms with E-state index in [0.29, 0.717) is 0 Å². The maximum absolute atomic E-state index is 12.1. The van der Waals surface area contributed by atoms with Crippen molar-refractivity contribution in [2.45, 2.75) is 26.1 Å². The minimum Gasteiger partial charge on any atom is -0.458 e. The fourth-order valence-corrected chi connectivity index (χ4v) is 2.16. The summed E-state index contributed by atoms with van der Waals surface area (Å²) in [6, 6.07) is 9.24. The quantitative estimate of drug-likeness (QED) is 0.468. The Bertz CT molecular complexity index is 741. The lowest BCUT2D eigenvalue weighted by molar-refractivity contribution is -0.169. The number of anilines is 1. The summed E-state index contributed by atoms with van der Waals surface area (Å²) in [5.41, 5.74) is 5.04. The van der Waals surface area contributed by atoms with Crippen molar-refractivity contribution in [3.8, 4) is 0 Å². The van der Waals surface area contributed by atoms with Gasteiger partial charge < -0.3 is 15.3 Å². The Morgan fingerprint density at radius 1 is 1.38 bits per heavy atom. The van der Waals surface area contributed by atoms with Crippen molar-refractivity contribution in [2.24, 2.45) is 5.16 Å². The Morgan fingerprint density at radius 3 is 2.67 bits per heavy atom. The third-order valence-corrected chi connectivity index (χ3v) is 3.60. The maximum atomic E-state index is 12.1. The topological polar surface area (TPSA) is 104 Å². The van der Waals surface area contributed by atoms with Gasteiger partial charge in [-0.2, -0.15) is 0 Å². The van der Waals surface area contributed by atoms with E-state index in [1.165, 1.54) is 13.8 Å². The van der Waals surface area contributed by atoms with Gasteiger partial charge in [-0.25, -0.2) is 9.78 Å². The standard InChI is InChI=1S/C16H16N3O4S/c1-16(2,14(21)22-9-11-6-4-3-5-7-11)23-19-12(8-20)13-10-24-15(17)18-13/h3-7,10H,9H2,1-2H3,(H2,17,18)/b19-12+. The lowest BCUT2D eigenvalue weighted by Gasteiger charge is -2.20. The van der Waals surface area contributed by atoms with Crippen molar-refractivity contribution < 1.29 is 19.2 Å². The van der Waals surface area contributed by atoms with Crippen molar-refractivity contribution in [2.75, 3.05) is 5.73 Å². The number of rotatable bonds is 7. The highest BCUT2D eigenvalue weighted by Gasteiger charge is 2.32. The maximum Gasteiger partial charge on any atom is 0.353 e. The van der Waals surface area contributed by atoms with Crippen LogP contribution >= 0.6 is 11.3 Å². The number of thiazole rings is 1. The molecule has 0 saturated heterocycles. The highest BCUT2D eigenvalue weighted by Crippen LogP contribution is 2.16. The zero-order chi connectivity index (χ0) is 17.6. The first-order chi connectivity index (χ1) is 11.4. The second-order valence-corrected chi connectivity index (χ2v) is 6.17. The van der Waals surface area contributed by atoms with Gasteiger partial charge in [0.1, 0.15) is 12.3 Å². The molecule has 0 atom stereocenters.